The van der Waals surface area contributed by atoms with E-state index in [4.69, 9.17) is 0 Å². The van der Waals surface area contributed by atoms with E-state index >= 15 is 0 Å². The minimum Gasteiger partial charge on any atom is -0.507 e. The van der Waals surface area contributed by atoms with Crippen molar-refractivity contribution in [3.63, 3.8) is 0 Å². The van der Waals surface area contributed by atoms with Crippen molar-refractivity contribution in [1.29, 1.82) is 0 Å². The molecule has 0 radical (unpaired) electrons. The average molecular weight is 235 g/mol. The molecule has 0 heterocycles. The zero-order chi connectivity index (χ0) is 12.8. The van der Waals surface area contributed by atoms with Crippen LogP contribution in [0.4, 0.5) is 4.39 Å². The molecule has 0 aliphatic carbocycles. The van der Waals surface area contributed by atoms with E-state index in [-0.39, 0.29) is 24.4 Å². The van der Waals surface area contributed by atoms with E-state index in [1.165, 1.54) is 29.2 Å². The van der Waals surface area contributed by atoms with Gasteiger partial charge in [-0.2, -0.15) is 0 Å². The van der Waals surface area contributed by atoms with Gasteiger partial charge >= 0.3 is 0 Å². The van der Waals surface area contributed by atoms with E-state index in [1.54, 1.807) is 0 Å². The zero-order valence-electron chi connectivity index (χ0n) is 9.40. The monoisotopic (exact) mass is 235 g/mol. The fourth-order valence-corrected chi connectivity index (χ4v) is 1.43. The van der Waals surface area contributed by atoms with Gasteiger partial charge in [0, 0.05) is 13.1 Å². The molecule has 0 aliphatic rings. The Bertz CT molecular complexity index is 413. The quantitative estimate of drug-likeness (QED) is 0.796. The van der Waals surface area contributed by atoms with E-state index < -0.39 is 11.7 Å². The lowest BCUT2D eigenvalue weighted by Crippen LogP contribution is -2.32. The van der Waals surface area contributed by atoms with Crippen molar-refractivity contribution in [3.05, 3.63) is 54.9 Å². The van der Waals surface area contributed by atoms with Crippen LogP contribution in [0.1, 0.15) is 10.4 Å². The summed E-state index contributed by atoms with van der Waals surface area (Å²) < 4.78 is 13.5. The van der Waals surface area contributed by atoms with E-state index in [0.717, 1.165) is 6.07 Å². The number of halogens is 1. The number of rotatable bonds is 5. The summed E-state index contributed by atoms with van der Waals surface area (Å²) in [5, 5.41) is 9.51. The first-order valence-electron chi connectivity index (χ1n) is 5.10. The number of phenols is 1. The van der Waals surface area contributed by atoms with Crippen molar-refractivity contribution in [2.45, 2.75) is 0 Å². The summed E-state index contributed by atoms with van der Waals surface area (Å²) in [6.45, 7) is 7.56. The number of nitrogens with zero attached hydrogens (tertiary/aromatic N) is 1. The highest BCUT2D eigenvalue weighted by atomic mass is 19.1. The van der Waals surface area contributed by atoms with Gasteiger partial charge in [-0.15, -0.1) is 13.2 Å². The number of amides is 1. The number of carbonyl (C=O) groups excluding carboxylic acids is 1. The fourth-order valence-electron chi connectivity index (χ4n) is 1.43. The Balaban J connectivity index is 3.08. The lowest BCUT2D eigenvalue weighted by atomic mass is 10.1. The van der Waals surface area contributed by atoms with Gasteiger partial charge in [0.25, 0.3) is 5.91 Å². The molecule has 0 unspecified atom stereocenters. The second-order valence-corrected chi connectivity index (χ2v) is 3.42. The van der Waals surface area contributed by atoms with Crippen molar-refractivity contribution in [3.8, 4) is 5.75 Å². The summed E-state index contributed by atoms with van der Waals surface area (Å²) in [6, 6.07) is 3.75. The number of hydrogen-bond acceptors (Lipinski definition) is 2. The van der Waals surface area contributed by atoms with Gasteiger partial charge in [-0.1, -0.05) is 18.2 Å². The molecule has 0 bridgehead atoms. The van der Waals surface area contributed by atoms with Crippen LogP contribution in [0.25, 0.3) is 0 Å². The maximum atomic E-state index is 13.5. The SMILES string of the molecule is C=CCN(CC=C)C(=O)c1c(O)cccc1F. The molecule has 0 spiro atoms. The van der Waals surface area contributed by atoms with Crippen LogP contribution in [-0.2, 0) is 0 Å². The Morgan fingerprint density at radius 2 is 1.94 bits per heavy atom. The zero-order valence-corrected chi connectivity index (χ0v) is 9.40. The van der Waals surface area contributed by atoms with Gasteiger partial charge in [0.15, 0.2) is 0 Å². The molecule has 3 nitrogen and oxygen atoms in total. The van der Waals surface area contributed by atoms with Gasteiger partial charge in [-0.25, -0.2) is 4.39 Å². The number of hydrogen-bond donors (Lipinski definition) is 1. The molecule has 0 aliphatic heterocycles. The maximum absolute atomic E-state index is 13.5. The summed E-state index contributed by atoms with van der Waals surface area (Å²) in [7, 11) is 0. The van der Waals surface area contributed by atoms with Gasteiger partial charge in [0.1, 0.15) is 17.1 Å². The molecule has 0 saturated carbocycles. The highest BCUT2D eigenvalue weighted by Gasteiger charge is 2.20. The molecule has 0 saturated heterocycles. The third kappa shape index (κ3) is 2.93. The third-order valence-corrected chi connectivity index (χ3v) is 2.19. The van der Waals surface area contributed by atoms with Crippen LogP contribution in [-0.4, -0.2) is 29.0 Å². The molecule has 1 aromatic rings. The first kappa shape index (κ1) is 13.0. The van der Waals surface area contributed by atoms with Crippen LogP contribution in [0.2, 0.25) is 0 Å². The smallest absolute Gasteiger partial charge is 0.261 e. The summed E-state index contributed by atoms with van der Waals surface area (Å²) in [5.41, 5.74) is -0.323. The molecule has 0 aromatic heterocycles. The fraction of sp³-hybridized carbons (Fsp3) is 0.154. The van der Waals surface area contributed by atoms with Crippen molar-refractivity contribution in [2.24, 2.45) is 0 Å². The summed E-state index contributed by atoms with van der Waals surface area (Å²) in [6.07, 6.45) is 3.05. The van der Waals surface area contributed by atoms with Crippen molar-refractivity contribution < 1.29 is 14.3 Å². The Labute approximate surface area is 99.5 Å². The minimum atomic E-state index is -0.742. The van der Waals surface area contributed by atoms with Crippen LogP contribution in [0.5, 0.6) is 5.75 Å². The molecular weight excluding hydrogens is 221 g/mol. The molecular formula is C13H14FNO2. The van der Waals surface area contributed by atoms with E-state index in [1.807, 2.05) is 0 Å². The van der Waals surface area contributed by atoms with Crippen molar-refractivity contribution in [2.75, 3.05) is 13.1 Å². The molecule has 4 heteroatoms. The Morgan fingerprint density at radius 3 is 2.41 bits per heavy atom. The van der Waals surface area contributed by atoms with Gasteiger partial charge in [-0.05, 0) is 12.1 Å². The van der Waals surface area contributed by atoms with Crippen LogP contribution in [0, 0.1) is 5.82 Å². The second kappa shape index (κ2) is 5.84. The van der Waals surface area contributed by atoms with Gasteiger partial charge < -0.3 is 10.0 Å². The Morgan fingerprint density at radius 1 is 1.35 bits per heavy atom. The number of aromatic hydroxyl groups is 1. The number of phenolic OH excluding ortho intramolecular Hbond substituents is 1. The van der Waals surface area contributed by atoms with Crippen molar-refractivity contribution >= 4 is 5.91 Å². The predicted octanol–water partition coefficient (Wildman–Crippen LogP) is 2.35. The molecule has 1 rings (SSSR count). The van der Waals surface area contributed by atoms with Gasteiger partial charge in [0.05, 0.1) is 0 Å². The summed E-state index contributed by atoms with van der Waals surface area (Å²) in [5.74, 6) is -1.69. The molecule has 1 N–H and O–H groups in total. The van der Waals surface area contributed by atoms with Gasteiger partial charge in [0.2, 0.25) is 0 Å². The van der Waals surface area contributed by atoms with Crippen LogP contribution in [0.15, 0.2) is 43.5 Å². The molecule has 1 amide bonds. The normalized spacial score (nSPS) is 9.71. The lowest BCUT2D eigenvalue weighted by molar-refractivity contribution is 0.0783. The Hall–Kier alpha value is -2.10. The van der Waals surface area contributed by atoms with Crippen LogP contribution < -0.4 is 0 Å². The second-order valence-electron chi connectivity index (χ2n) is 3.42. The first-order valence-corrected chi connectivity index (χ1v) is 5.10. The first-order chi connectivity index (χ1) is 8.11. The van der Waals surface area contributed by atoms with E-state index in [2.05, 4.69) is 13.2 Å². The average Bonchev–Trinajstić information content (AvgIpc) is 2.28. The van der Waals surface area contributed by atoms with Crippen LogP contribution in [0.3, 0.4) is 0 Å². The number of carbonyl (C=O) groups is 1. The van der Waals surface area contributed by atoms with E-state index in [0.29, 0.717) is 0 Å². The summed E-state index contributed by atoms with van der Waals surface area (Å²) >= 11 is 0. The highest BCUT2D eigenvalue weighted by molar-refractivity contribution is 5.97. The minimum absolute atomic E-state index is 0.263. The number of benzene rings is 1. The largest absolute Gasteiger partial charge is 0.507 e. The van der Waals surface area contributed by atoms with Crippen molar-refractivity contribution in [1.82, 2.24) is 4.90 Å². The lowest BCUT2D eigenvalue weighted by Gasteiger charge is -2.20. The Kier molecular flexibility index (Phi) is 4.46. The highest BCUT2D eigenvalue weighted by Crippen LogP contribution is 2.21. The predicted molar refractivity (Wildman–Crippen MR) is 64.4 cm³/mol. The molecule has 0 atom stereocenters. The van der Waals surface area contributed by atoms with Crippen LogP contribution >= 0.6 is 0 Å². The molecule has 0 fully saturated rings. The molecule has 1 aromatic carbocycles. The standard InChI is InChI=1S/C13H14FNO2/c1-3-8-15(9-4-2)13(17)12-10(14)6-5-7-11(12)16/h3-7,16H,1-2,8-9H2. The van der Waals surface area contributed by atoms with Gasteiger partial charge in [-0.3, -0.25) is 4.79 Å². The maximum Gasteiger partial charge on any atom is 0.261 e. The van der Waals surface area contributed by atoms with E-state index in [9.17, 15) is 14.3 Å². The third-order valence-electron chi connectivity index (χ3n) is 2.19. The topological polar surface area (TPSA) is 40.5 Å². The molecule has 17 heavy (non-hydrogen) atoms. The molecule has 90 valence electrons. The summed E-state index contributed by atoms with van der Waals surface area (Å²) in [4.78, 5) is 13.3.